The van der Waals surface area contributed by atoms with E-state index in [9.17, 15) is 25.1 Å². The summed E-state index contributed by atoms with van der Waals surface area (Å²) in [4.78, 5) is 24.2. The summed E-state index contributed by atoms with van der Waals surface area (Å²) in [6.07, 6.45) is 0.897. The number of carbonyl (C=O) groups excluding carboxylic acids is 1. The van der Waals surface area contributed by atoms with Crippen LogP contribution in [0.25, 0.3) is 5.69 Å². The van der Waals surface area contributed by atoms with Crippen LogP contribution in [0.15, 0.2) is 24.4 Å². The Kier molecular flexibility index (Phi) is 5.60. The largest absolute Gasteiger partial charge is 0.504 e. The van der Waals surface area contributed by atoms with Gasteiger partial charge in [0, 0.05) is 24.7 Å². The van der Waals surface area contributed by atoms with E-state index in [2.05, 4.69) is 5.10 Å². The van der Waals surface area contributed by atoms with E-state index in [1.54, 1.807) is 6.92 Å². The Balaban J connectivity index is 2.36. The van der Waals surface area contributed by atoms with Gasteiger partial charge in [0.1, 0.15) is 5.69 Å². The fourth-order valence-corrected chi connectivity index (χ4v) is 2.30. The van der Waals surface area contributed by atoms with Gasteiger partial charge in [-0.15, -0.1) is 0 Å². The van der Waals surface area contributed by atoms with Crippen molar-refractivity contribution < 1.29 is 19.9 Å². The summed E-state index contributed by atoms with van der Waals surface area (Å²) < 4.78 is 1.04. The third-order valence-corrected chi connectivity index (χ3v) is 3.74. The standard InChI is InChI=1S/C15H17ClN4O5/c1-9(21)5-6-18(2)15(23)14-13(22)8-19(17-14)12-7-10(16)3-4-11(12)20(24)25/h3-4,7-9,21-22H,5-6H2,1-2H3. The summed E-state index contributed by atoms with van der Waals surface area (Å²) >= 11 is 5.88. The van der Waals surface area contributed by atoms with Crippen LogP contribution in [0.5, 0.6) is 5.75 Å². The maximum Gasteiger partial charge on any atom is 0.294 e. The number of hydrogen-bond acceptors (Lipinski definition) is 6. The van der Waals surface area contributed by atoms with Gasteiger partial charge in [0.15, 0.2) is 11.4 Å². The zero-order valence-electron chi connectivity index (χ0n) is 13.6. The van der Waals surface area contributed by atoms with E-state index in [4.69, 9.17) is 11.6 Å². The van der Waals surface area contributed by atoms with Crippen molar-refractivity contribution in [1.82, 2.24) is 14.7 Å². The van der Waals surface area contributed by atoms with Crippen LogP contribution in [0.3, 0.4) is 0 Å². The lowest BCUT2D eigenvalue weighted by Crippen LogP contribution is -2.30. The molecule has 1 aromatic carbocycles. The molecule has 0 saturated heterocycles. The van der Waals surface area contributed by atoms with Gasteiger partial charge in [-0.1, -0.05) is 11.6 Å². The van der Waals surface area contributed by atoms with E-state index in [0.717, 1.165) is 10.9 Å². The average molecular weight is 369 g/mol. The summed E-state index contributed by atoms with van der Waals surface area (Å²) in [5, 5.41) is 34.7. The number of hydrogen-bond donors (Lipinski definition) is 2. The molecule has 1 atom stereocenters. The highest BCUT2D eigenvalue weighted by molar-refractivity contribution is 6.30. The van der Waals surface area contributed by atoms with E-state index in [1.165, 1.54) is 30.1 Å². The van der Waals surface area contributed by atoms with Crippen molar-refractivity contribution >= 4 is 23.2 Å². The van der Waals surface area contributed by atoms with Crippen LogP contribution < -0.4 is 0 Å². The van der Waals surface area contributed by atoms with E-state index in [1.807, 2.05) is 0 Å². The van der Waals surface area contributed by atoms with Crippen LogP contribution in [-0.2, 0) is 0 Å². The Morgan fingerprint density at radius 3 is 2.80 bits per heavy atom. The van der Waals surface area contributed by atoms with Gasteiger partial charge < -0.3 is 15.1 Å². The normalized spacial score (nSPS) is 12.0. The summed E-state index contributed by atoms with van der Waals surface area (Å²) in [5.41, 5.74) is -0.491. The van der Waals surface area contributed by atoms with Crippen LogP contribution in [0.4, 0.5) is 5.69 Å². The monoisotopic (exact) mass is 368 g/mol. The predicted octanol–water partition coefficient (Wildman–Crippen LogP) is 1.98. The van der Waals surface area contributed by atoms with Crippen LogP contribution in [0.2, 0.25) is 5.02 Å². The lowest BCUT2D eigenvalue weighted by atomic mass is 10.2. The zero-order chi connectivity index (χ0) is 18.7. The number of aromatic hydroxyl groups is 1. The van der Waals surface area contributed by atoms with Crippen molar-refractivity contribution in [3.05, 3.63) is 45.2 Å². The first kappa shape index (κ1) is 18.7. The fraction of sp³-hybridized carbons (Fsp3) is 0.333. The quantitative estimate of drug-likeness (QED) is 0.594. The van der Waals surface area contributed by atoms with Gasteiger partial charge in [0.05, 0.1) is 17.2 Å². The summed E-state index contributed by atoms with van der Waals surface area (Å²) in [7, 11) is 1.50. The number of benzene rings is 1. The lowest BCUT2D eigenvalue weighted by Gasteiger charge is -2.16. The van der Waals surface area contributed by atoms with Gasteiger partial charge in [0.25, 0.3) is 11.6 Å². The van der Waals surface area contributed by atoms with Crippen molar-refractivity contribution in [3.63, 3.8) is 0 Å². The first-order chi connectivity index (χ1) is 11.7. The van der Waals surface area contributed by atoms with Crippen molar-refractivity contribution in [1.29, 1.82) is 0 Å². The first-order valence-electron chi connectivity index (χ1n) is 7.37. The molecule has 2 aromatic rings. The summed E-state index contributed by atoms with van der Waals surface area (Å²) in [6.45, 7) is 1.86. The Morgan fingerprint density at radius 2 is 2.20 bits per heavy atom. The number of nitrogens with zero attached hydrogens (tertiary/aromatic N) is 4. The zero-order valence-corrected chi connectivity index (χ0v) is 14.3. The second-order valence-corrected chi connectivity index (χ2v) is 6.00. The van der Waals surface area contributed by atoms with E-state index >= 15 is 0 Å². The summed E-state index contributed by atoms with van der Waals surface area (Å²) in [6, 6.07) is 3.90. The Labute approximate surface area is 148 Å². The molecule has 0 aliphatic heterocycles. The number of aliphatic hydroxyl groups is 1. The lowest BCUT2D eigenvalue weighted by molar-refractivity contribution is -0.384. The molecular formula is C15H17ClN4O5. The molecule has 2 N–H and O–H groups in total. The van der Waals surface area contributed by atoms with Gasteiger partial charge in [-0.05, 0) is 25.5 Å². The second kappa shape index (κ2) is 7.49. The molecule has 2 rings (SSSR count). The van der Waals surface area contributed by atoms with Crippen LogP contribution in [0, 0.1) is 10.1 Å². The average Bonchev–Trinajstić information content (AvgIpc) is 2.93. The molecular weight excluding hydrogens is 352 g/mol. The highest BCUT2D eigenvalue weighted by Crippen LogP contribution is 2.28. The van der Waals surface area contributed by atoms with Crippen molar-refractivity contribution in [2.75, 3.05) is 13.6 Å². The molecule has 1 heterocycles. The SMILES string of the molecule is CC(O)CCN(C)C(=O)c1nn(-c2cc(Cl)ccc2[N+](=O)[O-])cc1O. The minimum absolute atomic E-state index is 0.0264. The molecule has 1 aromatic heterocycles. The maximum atomic E-state index is 12.4. The third kappa shape index (κ3) is 4.25. The Bertz CT molecular complexity index is 805. The van der Waals surface area contributed by atoms with E-state index in [-0.39, 0.29) is 28.6 Å². The number of nitro groups is 1. The number of rotatable bonds is 6. The van der Waals surface area contributed by atoms with Crippen LogP contribution in [0.1, 0.15) is 23.8 Å². The van der Waals surface area contributed by atoms with Gasteiger partial charge in [-0.3, -0.25) is 14.9 Å². The number of amides is 1. The molecule has 0 aliphatic rings. The number of carbonyl (C=O) groups is 1. The number of aromatic nitrogens is 2. The maximum absolute atomic E-state index is 12.4. The number of halogens is 1. The van der Waals surface area contributed by atoms with Gasteiger partial charge in [-0.2, -0.15) is 5.10 Å². The predicted molar refractivity (Wildman–Crippen MR) is 90.2 cm³/mol. The molecule has 0 fully saturated rings. The Hall–Kier alpha value is -2.65. The Morgan fingerprint density at radius 1 is 1.52 bits per heavy atom. The minimum Gasteiger partial charge on any atom is -0.504 e. The van der Waals surface area contributed by atoms with Crippen LogP contribution in [-0.4, -0.2) is 55.4 Å². The molecule has 9 nitrogen and oxygen atoms in total. The molecule has 0 saturated carbocycles. The molecule has 0 aliphatic carbocycles. The minimum atomic E-state index is -0.610. The second-order valence-electron chi connectivity index (χ2n) is 5.56. The molecule has 134 valence electrons. The van der Waals surface area contributed by atoms with Crippen molar-refractivity contribution in [2.24, 2.45) is 0 Å². The highest BCUT2D eigenvalue weighted by Gasteiger charge is 2.24. The molecule has 0 spiro atoms. The molecule has 25 heavy (non-hydrogen) atoms. The van der Waals surface area contributed by atoms with Gasteiger partial charge >= 0.3 is 0 Å². The summed E-state index contributed by atoms with van der Waals surface area (Å²) in [5.74, 6) is -0.982. The van der Waals surface area contributed by atoms with Crippen molar-refractivity contribution in [3.8, 4) is 11.4 Å². The third-order valence-electron chi connectivity index (χ3n) is 3.51. The molecule has 10 heteroatoms. The molecule has 1 amide bonds. The first-order valence-corrected chi connectivity index (χ1v) is 7.75. The highest BCUT2D eigenvalue weighted by atomic mass is 35.5. The van der Waals surface area contributed by atoms with Crippen LogP contribution >= 0.6 is 11.6 Å². The van der Waals surface area contributed by atoms with Crippen molar-refractivity contribution in [2.45, 2.75) is 19.4 Å². The number of aliphatic hydroxyl groups excluding tert-OH is 1. The van der Waals surface area contributed by atoms with Gasteiger partial charge in [0.2, 0.25) is 0 Å². The molecule has 0 radical (unpaired) electrons. The molecule has 0 bridgehead atoms. The number of nitro benzene ring substituents is 1. The fourth-order valence-electron chi connectivity index (χ4n) is 2.14. The van der Waals surface area contributed by atoms with E-state index < -0.39 is 22.7 Å². The van der Waals surface area contributed by atoms with E-state index in [0.29, 0.717) is 6.42 Å². The topological polar surface area (TPSA) is 122 Å². The molecule has 1 unspecified atom stereocenters. The smallest absolute Gasteiger partial charge is 0.294 e. The van der Waals surface area contributed by atoms with Gasteiger partial charge in [-0.25, -0.2) is 4.68 Å².